The molecule has 2 saturated heterocycles. The van der Waals surface area contributed by atoms with Gasteiger partial charge in [0.1, 0.15) is 12.2 Å². The smallest absolute Gasteiger partial charge is 0.285 e. The Morgan fingerprint density at radius 1 is 1.00 bits per heavy atom. The zero-order valence-electron chi connectivity index (χ0n) is 9.48. The summed E-state index contributed by atoms with van der Waals surface area (Å²) in [6.07, 6.45) is 0.644. The van der Waals surface area contributed by atoms with E-state index in [0.717, 1.165) is 0 Å². The average molecular weight is 318 g/mol. The molecule has 7 nitrogen and oxygen atoms in total. The lowest BCUT2D eigenvalue weighted by Crippen LogP contribution is -2.20. The van der Waals surface area contributed by atoms with Crippen LogP contribution in [0, 0.1) is 0 Å². The van der Waals surface area contributed by atoms with Crippen molar-refractivity contribution in [3.8, 4) is 0 Å². The summed E-state index contributed by atoms with van der Waals surface area (Å²) in [5.41, 5.74) is 0. The monoisotopic (exact) mass is 318 g/mol. The molecule has 4 atom stereocenters. The highest BCUT2D eigenvalue weighted by molar-refractivity contribution is 7.80. The largest absolute Gasteiger partial charge is 0.304 e. The summed E-state index contributed by atoms with van der Waals surface area (Å²) < 4.78 is 53.0. The minimum absolute atomic E-state index is 0.0792. The average Bonchev–Trinajstić information content (AvgIpc) is 2.93. The predicted octanol–water partition coefficient (Wildman–Crippen LogP) is -0.497. The van der Waals surface area contributed by atoms with Crippen molar-refractivity contribution in [2.75, 3.05) is 24.7 Å². The molecule has 0 aromatic carbocycles. The van der Waals surface area contributed by atoms with Crippen LogP contribution in [0.15, 0.2) is 0 Å². The molecule has 0 aliphatic carbocycles. The molecule has 18 heavy (non-hydrogen) atoms. The van der Waals surface area contributed by atoms with Crippen LogP contribution < -0.4 is 0 Å². The second-order valence-electron chi connectivity index (χ2n) is 3.80. The van der Waals surface area contributed by atoms with Gasteiger partial charge in [-0.05, 0) is 12.8 Å². The highest BCUT2D eigenvalue weighted by Crippen LogP contribution is 2.15. The molecule has 10 heteroatoms. The van der Waals surface area contributed by atoms with E-state index in [-0.39, 0.29) is 25.4 Å². The van der Waals surface area contributed by atoms with Crippen molar-refractivity contribution in [1.29, 1.82) is 0 Å². The highest BCUT2D eigenvalue weighted by Gasteiger charge is 2.25. The molecule has 0 radical (unpaired) electrons. The second-order valence-corrected chi connectivity index (χ2v) is 7.10. The normalized spacial score (nSPS) is 38.0. The van der Waals surface area contributed by atoms with Crippen molar-refractivity contribution in [3.05, 3.63) is 0 Å². The van der Waals surface area contributed by atoms with Gasteiger partial charge in [0.05, 0.1) is 24.7 Å². The Kier molecular flexibility index (Phi) is 5.86. The third-order valence-corrected chi connectivity index (χ3v) is 5.17. The van der Waals surface area contributed by atoms with E-state index in [4.69, 9.17) is 16.7 Å². The molecule has 2 heterocycles. The Bertz CT molecular complexity index is 329. The Hall–Kier alpha value is 0.290. The van der Waals surface area contributed by atoms with Gasteiger partial charge in [-0.15, -0.1) is 0 Å². The lowest BCUT2D eigenvalue weighted by atomic mass is 10.3. The first-order valence-corrected chi connectivity index (χ1v) is 8.91. The minimum Gasteiger partial charge on any atom is -0.285 e. The van der Waals surface area contributed by atoms with Crippen molar-refractivity contribution in [2.45, 2.75) is 25.0 Å². The van der Waals surface area contributed by atoms with E-state index in [2.05, 4.69) is 0 Å². The van der Waals surface area contributed by atoms with Crippen molar-refractivity contribution >= 4 is 33.5 Å². The van der Waals surface area contributed by atoms with Crippen LogP contribution in [0.2, 0.25) is 0 Å². The summed E-state index contributed by atoms with van der Waals surface area (Å²) >= 11 is -4.39. The van der Waals surface area contributed by atoms with Gasteiger partial charge in [0.15, 0.2) is 22.2 Å². The quantitative estimate of drug-likeness (QED) is 0.652. The fourth-order valence-corrected chi connectivity index (χ4v) is 4.08. The molecule has 0 aromatic rings. The molecule has 0 N–H and O–H groups in total. The van der Waals surface area contributed by atoms with E-state index in [0.29, 0.717) is 24.3 Å². The highest BCUT2D eigenvalue weighted by atomic mass is 32.2. The van der Waals surface area contributed by atoms with E-state index in [1.54, 1.807) is 0 Å². The molecule has 2 aliphatic rings. The van der Waals surface area contributed by atoms with Crippen LogP contribution in [-0.4, -0.2) is 49.6 Å². The zero-order chi connectivity index (χ0) is 13.0. The summed E-state index contributed by atoms with van der Waals surface area (Å²) in [7, 11) is 0. The van der Waals surface area contributed by atoms with Crippen LogP contribution in [0.3, 0.4) is 0 Å². The maximum atomic E-state index is 11.3. The molecule has 2 rings (SSSR count). The van der Waals surface area contributed by atoms with Gasteiger partial charge in [-0.1, -0.05) is 0 Å². The first kappa shape index (κ1) is 14.7. The third-order valence-electron chi connectivity index (χ3n) is 2.40. The van der Waals surface area contributed by atoms with E-state index in [9.17, 15) is 12.6 Å². The maximum absolute atomic E-state index is 11.3. The van der Waals surface area contributed by atoms with Gasteiger partial charge < -0.3 is 0 Å². The van der Waals surface area contributed by atoms with Crippen LogP contribution in [0.1, 0.15) is 12.8 Å². The van der Waals surface area contributed by atoms with Crippen LogP contribution >= 0.6 is 0 Å². The molecular formula is C8H14O7S3. The van der Waals surface area contributed by atoms with Gasteiger partial charge in [-0.3, -0.25) is 16.7 Å². The molecule has 2 fully saturated rings. The second kappa shape index (κ2) is 7.17. The lowest BCUT2D eigenvalue weighted by Gasteiger charge is -2.09. The fourth-order valence-electron chi connectivity index (χ4n) is 1.47. The Balaban J connectivity index is 1.57. The molecule has 0 spiro atoms. The van der Waals surface area contributed by atoms with Crippen LogP contribution in [-0.2, 0) is 50.3 Å². The van der Waals surface area contributed by atoms with Crippen molar-refractivity contribution in [1.82, 2.24) is 0 Å². The van der Waals surface area contributed by atoms with E-state index < -0.39 is 33.5 Å². The van der Waals surface area contributed by atoms with E-state index in [1.807, 2.05) is 0 Å². The Labute approximate surface area is 113 Å². The zero-order valence-corrected chi connectivity index (χ0v) is 11.9. The van der Waals surface area contributed by atoms with Crippen LogP contribution in [0.4, 0.5) is 0 Å². The number of rotatable bonds is 6. The molecule has 106 valence electrons. The van der Waals surface area contributed by atoms with Gasteiger partial charge in [0.25, 0.3) is 0 Å². The summed E-state index contributed by atoms with van der Waals surface area (Å²) in [4.78, 5) is 0. The minimum atomic E-state index is -1.89. The molecule has 0 aromatic heterocycles. The third kappa shape index (κ3) is 4.76. The maximum Gasteiger partial charge on any atom is 0.304 e. The van der Waals surface area contributed by atoms with Crippen molar-refractivity contribution in [2.24, 2.45) is 0 Å². The van der Waals surface area contributed by atoms with E-state index in [1.165, 1.54) is 0 Å². The van der Waals surface area contributed by atoms with Gasteiger partial charge in [0.2, 0.25) is 0 Å². The molecular weight excluding hydrogens is 304 g/mol. The summed E-state index contributed by atoms with van der Waals surface area (Å²) in [5, 5.41) is 0. The van der Waals surface area contributed by atoms with E-state index >= 15 is 0 Å². The van der Waals surface area contributed by atoms with Crippen LogP contribution in [0.5, 0.6) is 0 Å². The molecule has 2 aliphatic heterocycles. The molecule has 0 amide bonds. The molecule has 0 bridgehead atoms. The summed E-state index contributed by atoms with van der Waals surface area (Å²) in [5.74, 6) is 0.951. The SMILES string of the molecule is O=S1CCC(COS(=O)OCC2CCS(=O)O2)O1. The summed E-state index contributed by atoms with van der Waals surface area (Å²) in [6.45, 7) is 0.158. The van der Waals surface area contributed by atoms with Gasteiger partial charge in [0, 0.05) is 0 Å². The predicted molar refractivity (Wildman–Crippen MR) is 65.0 cm³/mol. The first-order chi connectivity index (χ1) is 8.63. The van der Waals surface area contributed by atoms with Gasteiger partial charge in [-0.25, -0.2) is 8.42 Å². The fraction of sp³-hybridized carbons (Fsp3) is 1.00. The Morgan fingerprint density at radius 3 is 1.78 bits per heavy atom. The first-order valence-electron chi connectivity index (χ1n) is 5.43. The van der Waals surface area contributed by atoms with Crippen LogP contribution in [0.25, 0.3) is 0 Å². The standard InChI is InChI=1S/C8H14O7S3/c9-16-3-1-7(14-16)5-12-18(11)13-6-8-2-4-17(10)15-8/h7-8H,1-6H2. The van der Waals surface area contributed by atoms with Gasteiger partial charge in [-0.2, -0.15) is 4.21 Å². The lowest BCUT2D eigenvalue weighted by molar-refractivity contribution is 0.126. The number of hydrogen-bond acceptors (Lipinski definition) is 7. The van der Waals surface area contributed by atoms with Gasteiger partial charge >= 0.3 is 11.4 Å². The number of hydrogen-bond donors (Lipinski definition) is 0. The van der Waals surface area contributed by atoms with Crippen molar-refractivity contribution < 1.29 is 29.4 Å². The molecule has 4 unspecified atom stereocenters. The Morgan fingerprint density at radius 2 is 1.44 bits per heavy atom. The topological polar surface area (TPSA) is 88.1 Å². The van der Waals surface area contributed by atoms with Crippen molar-refractivity contribution in [3.63, 3.8) is 0 Å². The summed E-state index contributed by atoms with van der Waals surface area (Å²) in [6, 6.07) is 0. The molecule has 0 saturated carbocycles.